The van der Waals surface area contributed by atoms with E-state index < -0.39 is 7.44 Å². The van der Waals surface area contributed by atoms with Gasteiger partial charge in [-0.25, -0.2) is 0 Å². The van der Waals surface area contributed by atoms with Gasteiger partial charge in [-0.15, -0.1) is 0 Å². The minimum atomic E-state index is -2.70. The lowest BCUT2D eigenvalue weighted by Crippen LogP contribution is -2.25. The second-order valence-corrected chi connectivity index (χ2v) is 5.51. The highest BCUT2D eigenvalue weighted by atomic mass is 35.5. The summed E-state index contributed by atoms with van der Waals surface area (Å²) in [5.41, 5.74) is 0. The van der Waals surface area contributed by atoms with Crippen LogP contribution in [0, 0.1) is 0 Å². The maximum absolute atomic E-state index is 12.1. The van der Waals surface area contributed by atoms with Gasteiger partial charge < -0.3 is 0 Å². The minimum absolute atomic E-state index is 0.509. The summed E-state index contributed by atoms with van der Waals surface area (Å²) in [4.78, 5) is 0. The number of halogens is 1. The van der Waals surface area contributed by atoms with E-state index in [0.717, 1.165) is 0 Å². The van der Waals surface area contributed by atoms with Crippen LogP contribution < -0.4 is 15.5 Å². The molecule has 0 saturated heterocycles. The van der Waals surface area contributed by atoms with Gasteiger partial charge in [-0.3, -0.25) is 14.7 Å². The van der Waals surface area contributed by atoms with Gasteiger partial charge in [0.1, 0.15) is 0 Å². The fourth-order valence-corrected chi connectivity index (χ4v) is 2.93. The molecule has 0 heterocycles. The van der Waals surface area contributed by atoms with Crippen molar-refractivity contribution in [3.05, 3.63) is 29.3 Å². The van der Waals surface area contributed by atoms with Gasteiger partial charge in [-0.05, 0) is 26.2 Å². The SMILES string of the molecule is CNP(=O)(NC)c1ccccc1Cl. The molecule has 0 bridgehead atoms. The third-order valence-corrected chi connectivity index (χ3v) is 4.61. The molecule has 0 radical (unpaired) electrons. The Balaban J connectivity index is 3.20. The first kappa shape index (κ1) is 10.7. The Morgan fingerprint density at radius 2 is 1.77 bits per heavy atom. The zero-order valence-electron chi connectivity index (χ0n) is 7.54. The summed E-state index contributed by atoms with van der Waals surface area (Å²) in [6, 6.07) is 7.08. The van der Waals surface area contributed by atoms with Crippen molar-refractivity contribution >= 4 is 24.3 Å². The molecule has 0 spiro atoms. The van der Waals surface area contributed by atoms with Crippen molar-refractivity contribution in [2.45, 2.75) is 0 Å². The van der Waals surface area contributed by atoms with Crippen LogP contribution in [-0.4, -0.2) is 14.1 Å². The van der Waals surface area contributed by atoms with Crippen molar-refractivity contribution in [2.24, 2.45) is 0 Å². The molecule has 0 atom stereocenters. The molecular formula is C8H12ClN2OP. The summed E-state index contributed by atoms with van der Waals surface area (Å²) >= 11 is 5.91. The summed E-state index contributed by atoms with van der Waals surface area (Å²) in [6.07, 6.45) is 0. The van der Waals surface area contributed by atoms with Crippen LogP contribution in [-0.2, 0) is 4.57 Å². The topological polar surface area (TPSA) is 41.1 Å². The normalized spacial score (nSPS) is 11.6. The molecule has 0 aliphatic carbocycles. The first-order valence-corrected chi connectivity index (χ1v) is 5.95. The quantitative estimate of drug-likeness (QED) is 0.758. The average Bonchev–Trinajstić information content (AvgIpc) is 2.17. The largest absolute Gasteiger partial charge is 0.284 e. The first-order valence-electron chi connectivity index (χ1n) is 3.87. The Labute approximate surface area is 83.0 Å². The molecule has 0 fully saturated rings. The minimum Gasteiger partial charge on any atom is -0.284 e. The molecule has 0 aliphatic heterocycles. The van der Waals surface area contributed by atoms with E-state index in [9.17, 15) is 4.57 Å². The Hall–Kier alpha value is -0.340. The molecule has 72 valence electrons. The molecule has 1 rings (SSSR count). The van der Waals surface area contributed by atoms with Gasteiger partial charge in [0.25, 0.3) is 0 Å². The molecule has 0 unspecified atom stereocenters. The molecule has 3 nitrogen and oxygen atoms in total. The van der Waals surface area contributed by atoms with Crippen LogP contribution in [0.4, 0.5) is 0 Å². The predicted molar refractivity (Wildman–Crippen MR) is 56.8 cm³/mol. The second-order valence-electron chi connectivity index (χ2n) is 2.51. The highest BCUT2D eigenvalue weighted by Gasteiger charge is 2.22. The van der Waals surface area contributed by atoms with Crippen molar-refractivity contribution in [2.75, 3.05) is 14.1 Å². The Bertz CT molecular complexity index is 335. The summed E-state index contributed by atoms with van der Waals surface area (Å²) in [5, 5.41) is 6.61. The van der Waals surface area contributed by atoms with Crippen molar-refractivity contribution in [3.8, 4) is 0 Å². The zero-order chi connectivity index (χ0) is 9.90. The Morgan fingerprint density at radius 1 is 1.23 bits per heavy atom. The van der Waals surface area contributed by atoms with E-state index >= 15 is 0 Å². The number of benzene rings is 1. The lowest BCUT2D eigenvalue weighted by Gasteiger charge is -2.17. The first-order chi connectivity index (χ1) is 6.14. The van der Waals surface area contributed by atoms with Gasteiger partial charge >= 0.3 is 0 Å². The molecule has 5 heteroatoms. The smallest absolute Gasteiger partial charge is 0.241 e. The van der Waals surface area contributed by atoms with Gasteiger partial charge in [-0.2, -0.15) is 0 Å². The Morgan fingerprint density at radius 3 is 2.23 bits per heavy atom. The second kappa shape index (κ2) is 4.25. The van der Waals surface area contributed by atoms with E-state index in [1.807, 2.05) is 12.1 Å². The lowest BCUT2D eigenvalue weighted by molar-refractivity contribution is 0.570. The molecule has 1 aromatic rings. The van der Waals surface area contributed by atoms with E-state index in [1.165, 1.54) is 0 Å². The van der Waals surface area contributed by atoms with Gasteiger partial charge in [-0.1, -0.05) is 23.7 Å². The maximum atomic E-state index is 12.1. The fraction of sp³-hybridized carbons (Fsp3) is 0.250. The maximum Gasteiger partial charge on any atom is 0.241 e. The summed E-state index contributed by atoms with van der Waals surface area (Å²) in [7, 11) is 0.576. The van der Waals surface area contributed by atoms with Crippen LogP contribution in [0.15, 0.2) is 24.3 Å². The molecule has 0 aliphatic rings. The molecule has 0 amide bonds. The van der Waals surface area contributed by atoms with E-state index in [2.05, 4.69) is 10.2 Å². The molecule has 0 saturated carbocycles. The van der Waals surface area contributed by atoms with Crippen LogP contribution in [0.1, 0.15) is 0 Å². The number of rotatable bonds is 3. The van der Waals surface area contributed by atoms with Crippen LogP contribution in [0.5, 0.6) is 0 Å². The third kappa shape index (κ3) is 2.12. The van der Waals surface area contributed by atoms with Gasteiger partial charge in [0, 0.05) is 0 Å². The third-order valence-electron chi connectivity index (χ3n) is 1.82. The molecule has 13 heavy (non-hydrogen) atoms. The van der Waals surface area contributed by atoms with Crippen LogP contribution >= 0.6 is 19.0 Å². The lowest BCUT2D eigenvalue weighted by atomic mass is 10.4. The van der Waals surface area contributed by atoms with E-state index in [1.54, 1.807) is 26.2 Å². The van der Waals surface area contributed by atoms with Crippen molar-refractivity contribution in [1.82, 2.24) is 10.2 Å². The molecule has 2 N–H and O–H groups in total. The van der Waals surface area contributed by atoms with Crippen molar-refractivity contribution in [3.63, 3.8) is 0 Å². The van der Waals surface area contributed by atoms with E-state index in [0.29, 0.717) is 10.3 Å². The van der Waals surface area contributed by atoms with Crippen LogP contribution in [0.3, 0.4) is 0 Å². The van der Waals surface area contributed by atoms with Gasteiger partial charge in [0.2, 0.25) is 7.44 Å². The van der Waals surface area contributed by atoms with Crippen LogP contribution in [0.25, 0.3) is 0 Å². The average molecular weight is 219 g/mol. The molecule has 0 aromatic heterocycles. The molecular weight excluding hydrogens is 207 g/mol. The standard InChI is InChI=1S/C8H12ClN2OP/c1-10-13(12,11-2)8-6-4-3-5-7(8)9/h3-6H,1-2H3,(H2,10,11,12). The number of nitrogens with one attached hydrogen (secondary N) is 2. The summed E-state index contributed by atoms with van der Waals surface area (Å²) < 4.78 is 12.1. The van der Waals surface area contributed by atoms with Crippen LogP contribution in [0.2, 0.25) is 5.02 Å². The van der Waals surface area contributed by atoms with E-state index in [-0.39, 0.29) is 0 Å². The number of hydrogen-bond acceptors (Lipinski definition) is 1. The fourth-order valence-electron chi connectivity index (χ4n) is 1.06. The summed E-state index contributed by atoms with van der Waals surface area (Å²) in [5.74, 6) is 0. The monoisotopic (exact) mass is 218 g/mol. The summed E-state index contributed by atoms with van der Waals surface area (Å²) in [6.45, 7) is 0. The highest BCUT2D eigenvalue weighted by Crippen LogP contribution is 2.35. The Kier molecular flexibility index (Phi) is 3.51. The van der Waals surface area contributed by atoms with E-state index in [4.69, 9.17) is 11.6 Å². The van der Waals surface area contributed by atoms with Gasteiger partial charge in [0.15, 0.2) is 0 Å². The van der Waals surface area contributed by atoms with Crippen molar-refractivity contribution in [1.29, 1.82) is 0 Å². The van der Waals surface area contributed by atoms with Crippen molar-refractivity contribution < 1.29 is 4.57 Å². The highest BCUT2D eigenvalue weighted by molar-refractivity contribution is 7.68. The van der Waals surface area contributed by atoms with Gasteiger partial charge in [0.05, 0.1) is 10.3 Å². The zero-order valence-corrected chi connectivity index (χ0v) is 9.19. The molecule has 1 aromatic carbocycles. The number of hydrogen-bond donors (Lipinski definition) is 2. The predicted octanol–water partition coefficient (Wildman–Crippen LogP) is 1.60.